The number of ether oxygens (including phenoxy) is 1. The minimum atomic E-state index is -0.431. The number of benzene rings is 3. The maximum Gasteiger partial charge on any atom is 0.269 e. The number of nitro benzene ring substituents is 1. The highest BCUT2D eigenvalue weighted by Crippen LogP contribution is 2.23. The summed E-state index contributed by atoms with van der Waals surface area (Å²) < 4.78 is 8.01. The molecule has 0 saturated carbocycles. The number of aromatic nitrogens is 1. The Labute approximate surface area is 208 Å². The number of hydrogen-bond donors (Lipinski definition) is 0. The van der Waals surface area contributed by atoms with Gasteiger partial charge in [0.1, 0.15) is 19.0 Å². The molecule has 0 fully saturated rings. The van der Waals surface area contributed by atoms with Crippen LogP contribution in [0.2, 0.25) is 5.02 Å². The topological polar surface area (TPSA) is 78.9 Å². The quantitative estimate of drug-likeness (QED) is 0.147. The van der Waals surface area contributed by atoms with Gasteiger partial charge >= 0.3 is 0 Å². The van der Waals surface area contributed by atoms with Gasteiger partial charge in [0.05, 0.1) is 11.1 Å². The number of oxime groups is 1. The Kier molecular flexibility index (Phi) is 7.48. The molecule has 0 aliphatic heterocycles. The summed E-state index contributed by atoms with van der Waals surface area (Å²) in [4.78, 5) is 15.8. The molecular weight excluding hydrogens is 466 g/mol. The van der Waals surface area contributed by atoms with Crippen LogP contribution in [0.4, 0.5) is 5.69 Å². The van der Waals surface area contributed by atoms with Crippen LogP contribution in [0.15, 0.2) is 84.0 Å². The highest BCUT2D eigenvalue weighted by atomic mass is 35.5. The molecule has 0 aliphatic rings. The lowest BCUT2D eigenvalue weighted by Crippen LogP contribution is -2.00. The van der Waals surface area contributed by atoms with E-state index in [0.717, 1.165) is 34.0 Å². The molecular formula is C27H24ClN3O4. The maximum absolute atomic E-state index is 10.9. The number of non-ortho nitro benzene ring substituents is 1. The molecule has 0 radical (unpaired) electrons. The molecule has 0 unspecified atom stereocenters. The van der Waals surface area contributed by atoms with Gasteiger partial charge in [-0.25, -0.2) is 0 Å². The van der Waals surface area contributed by atoms with Crippen molar-refractivity contribution in [3.8, 4) is 11.4 Å². The van der Waals surface area contributed by atoms with Gasteiger partial charge in [0.25, 0.3) is 5.69 Å². The van der Waals surface area contributed by atoms with Crippen molar-refractivity contribution in [2.24, 2.45) is 5.16 Å². The van der Waals surface area contributed by atoms with Crippen LogP contribution in [0.25, 0.3) is 5.69 Å². The minimum Gasteiger partial charge on any atom is -0.489 e. The fraction of sp³-hybridized carbons (Fsp3) is 0.148. The Balaban J connectivity index is 1.39. The molecule has 0 bridgehead atoms. The summed E-state index contributed by atoms with van der Waals surface area (Å²) >= 11 is 5.93. The number of halogens is 1. The van der Waals surface area contributed by atoms with Crippen LogP contribution in [-0.2, 0) is 18.1 Å². The molecule has 3 aromatic carbocycles. The first-order valence-electron chi connectivity index (χ1n) is 11.0. The molecule has 8 heteroatoms. The van der Waals surface area contributed by atoms with Gasteiger partial charge in [0.15, 0.2) is 0 Å². The average molecular weight is 490 g/mol. The number of aryl methyl sites for hydroxylation is 1. The molecule has 0 amide bonds. The molecule has 4 aromatic rings. The Hall–Kier alpha value is -4.10. The molecule has 4 rings (SSSR count). The van der Waals surface area contributed by atoms with Gasteiger partial charge in [-0.15, -0.1) is 0 Å². The van der Waals surface area contributed by atoms with Gasteiger partial charge < -0.3 is 14.1 Å². The van der Waals surface area contributed by atoms with Crippen molar-refractivity contribution in [1.82, 2.24) is 4.57 Å². The lowest BCUT2D eigenvalue weighted by atomic mass is 10.2. The molecule has 0 atom stereocenters. The summed E-state index contributed by atoms with van der Waals surface area (Å²) in [5.41, 5.74) is 5.76. The zero-order valence-electron chi connectivity index (χ0n) is 19.3. The first kappa shape index (κ1) is 24.0. The van der Waals surface area contributed by atoms with Crippen LogP contribution in [0.5, 0.6) is 5.75 Å². The van der Waals surface area contributed by atoms with Crippen molar-refractivity contribution < 1.29 is 14.5 Å². The molecule has 1 aromatic heterocycles. The number of nitro groups is 1. The zero-order chi connectivity index (χ0) is 24.8. The van der Waals surface area contributed by atoms with Crippen LogP contribution < -0.4 is 4.74 Å². The van der Waals surface area contributed by atoms with E-state index in [1.165, 1.54) is 12.1 Å². The fourth-order valence-corrected chi connectivity index (χ4v) is 3.85. The third-order valence-corrected chi connectivity index (χ3v) is 5.75. The summed E-state index contributed by atoms with van der Waals surface area (Å²) in [7, 11) is 0. The molecule has 0 N–H and O–H groups in total. The third kappa shape index (κ3) is 6.07. The maximum atomic E-state index is 10.9. The standard InChI is InChI=1S/C27H24ClN3O4/c1-19-14-23(16-29-35-18-22-4-3-5-26(15-22)31(32)33)20(2)30(19)25-10-12-27(13-11-25)34-17-21-6-8-24(28)9-7-21/h3-16H,17-18H2,1-2H3/b29-16-. The molecule has 7 nitrogen and oxygen atoms in total. The smallest absolute Gasteiger partial charge is 0.269 e. The first-order valence-corrected chi connectivity index (χ1v) is 11.3. The Morgan fingerprint density at radius 2 is 1.71 bits per heavy atom. The van der Waals surface area contributed by atoms with Crippen LogP contribution >= 0.6 is 11.6 Å². The second-order valence-electron chi connectivity index (χ2n) is 8.01. The lowest BCUT2D eigenvalue weighted by molar-refractivity contribution is -0.384. The van der Waals surface area contributed by atoms with E-state index in [-0.39, 0.29) is 12.3 Å². The SMILES string of the molecule is Cc1cc(/C=N\OCc2cccc([N+](=O)[O-])c2)c(C)n1-c1ccc(OCc2ccc(Cl)cc2)cc1. The van der Waals surface area contributed by atoms with Crippen LogP contribution in [0.1, 0.15) is 28.1 Å². The van der Waals surface area contributed by atoms with Crippen molar-refractivity contribution in [3.63, 3.8) is 0 Å². The third-order valence-electron chi connectivity index (χ3n) is 5.50. The minimum absolute atomic E-state index is 0.0278. The largest absolute Gasteiger partial charge is 0.489 e. The van der Waals surface area contributed by atoms with Gasteiger partial charge in [-0.2, -0.15) is 0 Å². The molecule has 178 valence electrons. The first-order chi connectivity index (χ1) is 16.9. The van der Waals surface area contributed by atoms with E-state index in [1.807, 2.05) is 68.4 Å². The molecule has 35 heavy (non-hydrogen) atoms. The Morgan fingerprint density at radius 1 is 0.971 bits per heavy atom. The monoisotopic (exact) mass is 489 g/mol. The average Bonchev–Trinajstić information content (AvgIpc) is 3.14. The summed E-state index contributed by atoms with van der Waals surface area (Å²) in [5.74, 6) is 0.780. The van der Waals surface area contributed by atoms with E-state index in [0.29, 0.717) is 17.2 Å². The van der Waals surface area contributed by atoms with Crippen molar-refractivity contribution in [3.05, 3.63) is 122 Å². The van der Waals surface area contributed by atoms with E-state index in [1.54, 1.807) is 18.3 Å². The van der Waals surface area contributed by atoms with Crippen molar-refractivity contribution in [1.29, 1.82) is 0 Å². The Morgan fingerprint density at radius 3 is 2.43 bits per heavy atom. The van der Waals surface area contributed by atoms with Gasteiger partial charge in [-0.1, -0.05) is 41.0 Å². The lowest BCUT2D eigenvalue weighted by Gasteiger charge is -2.11. The summed E-state index contributed by atoms with van der Waals surface area (Å²) in [6, 6.07) is 23.8. The van der Waals surface area contributed by atoms with E-state index in [4.69, 9.17) is 21.2 Å². The van der Waals surface area contributed by atoms with Crippen molar-refractivity contribution in [2.75, 3.05) is 0 Å². The van der Waals surface area contributed by atoms with Crippen molar-refractivity contribution in [2.45, 2.75) is 27.1 Å². The predicted molar refractivity (Wildman–Crippen MR) is 137 cm³/mol. The van der Waals surface area contributed by atoms with Crippen LogP contribution in [0, 0.1) is 24.0 Å². The fourth-order valence-electron chi connectivity index (χ4n) is 3.72. The highest BCUT2D eigenvalue weighted by Gasteiger charge is 2.10. The van der Waals surface area contributed by atoms with E-state index in [2.05, 4.69) is 9.72 Å². The van der Waals surface area contributed by atoms with Crippen LogP contribution in [-0.4, -0.2) is 15.7 Å². The summed E-state index contributed by atoms with van der Waals surface area (Å²) in [6.07, 6.45) is 1.65. The van der Waals surface area contributed by atoms with Crippen LogP contribution in [0.3, 0.4) is 0 Å². The normalized spacial score (nSPS) is 11.1. The van der Waals surface area contributed by atoms with Gasteiger partial charge in [-0.3, -0.25) is 10.1 Å². The highest BCUT2D eigenvalue weighted by molar-refractivity contribution is 6.30. The number of rotatable bonds is 9. The van der Waals surface area contributed by atoms with Gasteiger partial charge in [0, 0.05) is 39.8 Å². The number of nitrogens with zero attached hydrogens (tertiary/aromatic N) is 3. The zero-order valence-corrected chi connectivity index (χ0v) is 20.1. The van der Waals surface area contributed by atoms with E-state index < -0.39 is 4.92 Å². The molecule has 0 saturated heterocycles. The summed E-state index contributed by atoms with van der Waals surface area (Å²) in [6.45, 7) is 4.66. The van der Waals surface area contributed by atoms with Gasteiger partial charge in [0.2, 0.25) is 0 Å². The summed E-state index contributed by atoms with van der Waals surface area (Å²) in [5, 5.41) is 15.7. The Bertz CT molecular complexity index is 1350. The number of hydrogen-bond acceptors (Lipinski definition) is 5. The second kappa shape index (κ2) is 10.9. The molecule has 0 aliphatic carbocycles. The second-order valence-corrected chi connectivity index (χ2v) is 8.44. The molecule has 1 heterocycles. The van der Waals surface area contributed by atoms with Gasteiger partial charge in [-0.05, 0) is 67.4 Å². The van der Waals surface area contributed by atoms with E-state index >= 15 is 0 Å². The molecule has 0 spiro atoms. The van der Waals surface area contributed by atoms with Crippen molar-refractivity contribution >= 4 is 23.5 Å². The van der Waals surface area contributed by atoms with E-state index in [9.17, 15) is 10.1 Å². The predicted octanol–water partition coefficient (Wildman–Crippen LogP) is 6.79.